The minimum Gasteiger partial charge on any atom is -0.481 e. The molecule has 1 saturated carbocycles. The van der Waals surface area contributed by atoms with Crippen molar-refractivity contribution in [3.8, 4) is 0 Å². The Morgan fingerprint density at radius 1 is 0.857 bits per heavy atom. The van der Waals surface area contributed by atoms with Crippen LogP contribution < -0.4 is 0 Å². The van der Waals surface area contributed by atoms with Crippen LogP contribution in [-0.2, 0) is 9.59 Å². The van der Waals surface area contributed by atoms with E-state index in [1.807, 2.05) is 0 Å². The first-order valence-electron chi connectivity index (χ1n) is 4.08. The fourth-order valence-electron chi connectivity index (χ4n) is 1.72. The van der Waals surface area contributed by atoms with E-state index < -0.39 is 23.8 Å². The Kier molecular flexibility index (Phi) is 10.1. The molecule has 0 saturated heterocycles. The Labute approximate surface area is 127 Å². The molecule has 1 aliphatic carbocycles. The molecule has 2 radical (unpaired) electrons. The van der Waals surface area contributed by atoms with E-state index in [9.17, 15) is 9.59 Å². The van der Waals surface area contributed by atoms with Crippen molar-refractivity contribution >= 4 is 71.1 Å². The molecule has 6 heteroatoms. The Balaban J connectivity index is 0. The van der Waals surface area contributed by atoms with E-state index in [0.717, 1.165) is 12.8 Å². The number of rotatable bonds is 2. The van der Waals surface area contributed by atoms with Gasteiger partial charge in [-0.25, -0.2) is 0 Å². The molecule has 0 heterocycles. The van der Waals surface area contributed by atoms with Crippen LogP contribution in [0.3, 0.4) is 0 Å². The molecule has 0 spiro atoms. The smallest absolute Gasteiger partial charge is 0.307 e. The molecular formula is C8H12Na2O4. The predicted octanol–water partition coefficient (Wildman–Crippen LogP) is 0.200. The van der Waals surface area contributed by atoms with E-state index in [2.05, 4.69) is 0 Å². The first kappa shape index (κ1) is 17.3. The zero-order valence-electron chi connectivity index (χ0n) is 8.69. The second-order valence-electron chi connectivity index (χ2n) is 3.17. The summed E-state index contributed by atoms with van der Waals surface area (Å²) in [6.45, 7) is 0. The quantitative estimate of drug-likeness (QED) is 0.649. The molecule has 0 amide bonds. The minimum atomic E-state index is -0.970. The summed E-state index contributed by atoms with van der Waals surface area (Å²) in [4.78, 5) is 21.2. The molecule has 0 aromatic heterocycles. The molecule has 2 N–H and O–H groups in total. The van der Waals surface area contributed by atoms with Gasteiger partial charge in [-0.15, -0.1) is 0 Å². The Bertz CT molecular complexity index is 186. The Morgan fingerprint density at radius 2 is 1.14 bits per heavy atom. The topological polar surface area (TPSA) is 74.6 Å². The van der Waals surface area contributed by atoms with E-state index in [4.69, 9.17) is 10.2 Å². The molecule has 0 aliphatic heterocycles. The van der Waals surface area contributed by atoms with Crippen molar-refractivity contribution in [1.29, 1.82) is 0 Å². The van der Waals surface area contributed by atoms with Crippen molar-refractivity contribution in [2.75, 3.05) is 0 Å². The molecule has 14 heavy (non-hydrogen) atoms. The number of hydrogen-bond donors (Lipinski definition) is 2. The Hall–Kier alpha value is 0.940. The van der Waals surface area contributed by atoms with Crippen LogP contribution in [0, 0.1) is 11.8 Å². The summed E-state index contributed by atoms with van der Waals surface area (Å²) in [5, 5.41) is 17.4. The summed E-state index contributed by atoms with van der Waals surface area (Å²) >= 11 is 0. The summed E-state index contributed by atoms with van der Waals surface area (Å²) < 4.78 is 0. The predicted molar refractivity (Wildman–Crippen MR) is 52.2 cm³/mol. The summed E-state index contributed by atoms with van der Waals surface area (Å²) in [5.41, 5.74) is 0. The third kappa shape index (κ3) is 4.64. The molecule has 1 rings (SSSR count). The van der Waals surface area contributed by atoms with Crippen LogP contribution >= 0.6 is 0 Å². The second kappa shape index (κ2) is 8.13. The average Bonchev–Trinajstić information content (AvgIpc) is 2.04. The summed E-state index contributed by atoms with van der Waals surface area (Å²) in [6, 6.07) is 0. The van der Waals surface area contributed by atoms with Crippen LogP contribution in [0.5, 0.6) is 0 Å². The van der Waals surface area contributed by atoms with Gasteiger partial charge in [-0.2, -0.15) is 0 Å². The first-order valence-corrected chi connectivity index (χ1v) is 4.08. The summed E-state index contributed by atoms with van der Waals surface area (Å²) in [6.07, 6.45) is 2.68. The van der Waals surface area contributed by atoms with E-state index in [1.165, 1.54) is 0 Å². The standard InChI is InChI=1S/C8H12O4.2Na/c9-7(10)5-3-1-2-4-6(5)8(11)12;;/h5-6H,1-4H2,(H,9,10)(H,11,12);;. The van der Waals surface area contributed by atoms with Crippen molar-refractivity contribution in [3.63, 3.8) is 0 Å². The first-order chi connectivity index (χ1) is 5.63. The molecule has 0 bridgehead atoms. The van der Waals surface area contributed by atoms with Gasteiger partial charge in [0.25, 0.3) is 0 Å². The average molecular weight is 218 g/mol. The van der Waals surface area contributed by atoms with Crippen molar-refractivity contribution < 1.29 is 19.8 Å². The van der Waals surface area contributed by atoms with Gasteiger partial charge in [0.05, 0.1) is 11.8 Å². The van der Waals surface area contributed by atoms with Gasteiger partial charge in [-0.3, -0.25) is 9.59 Å². The van der Waals surface area contributed by atoms with Crippen LogP contribution in [0.4, 0.5) is 0 Å². The third-order valence-corrected chi connectivity index (χ3v) is 2.40. The van der Waals surface area contributed by atoms with Gasteiger partial charge in [0.1, 0.15) is 0 Å². The van der Waals surface area contributed by atoms with Gasteiger partial charge in [-0.1, -0.05) is 12.8 Å². The number of hydrogen-bond acceptors (Lipinski definition) is 2. The zero-order valence-corrected chi connectivity index (χ0v) is 12.7. The molecule has 0 aromatic carbocycles. The molecule has 1 aliphatic rings. The summed E-state index contributed by atoms with van der Waals surface area (Å²) in [5.74, 6) is -3.28. The van der Waals surface area contributed by atoms with Crippen molar-refractivity contribution in [1.82, 2.24) is 0 Å². The molecule has 70 valence electrons. The number of carboxylic acid groups (broad SMARTS) is 2. The maximum atomic E-state index is 10.6. The SMILES string of the molecule is O=C(O)C1CCCCC1C(=O)O.[Na].[Na]. The number of aliphatic carboxylic acids is 2. The van der Waals surface area contributed by atoms with Gasteiger partial charge in [0, 0.05) is 59.1 Å². The second-order valence-corrected chi connectivity index (χ2v) is 3.17. The van der Waals surface area contributed by atoms with Gasteiger partial charge < -0.3 is 10.2 Å². The van der Waals surface area contributed by atoms with Crippen LogP contribution in [-0.4, -0.2) is 81.3 Å². The van der Waals surface area contributed by atoms with Gasteiger partial charge >= 0.3 is 11.9 Å². The van der Waals surface area contributed by atoms with Crippen LogP contribution in [0.25, 0.3) is 0 Å². The van der Waals surface area contributed by atoms with Crippen LogP contribution in [0.15, 0.2) is 0 Å². The van der Waals surface area contributed by atoms with Crippen molar-refractivity contribution in [2.45, 2.75) is 25.7 Å². The van der Waals surface area contributed by atoms with Crippen LogP contribution in [0.2, 0.25) is 0 Å². The van der Waals surface area contributed by atoms with Crippen molar-refractivity contribution in [3.05, 3.63) is 0 Å². The van der Waals surface area contributed by atoms with E-state index in [1.54, 1.807) is 0 Å². The van der Waals surface area contributed by atoms with E-state index in [0.29, 0.717) is 12.8 Å². The molecule has 2 atom stereocenters. The van der Waals surface area contributed by atoms with Gasteiger partial charge in [0.15, 0.2) is 0 Å². The third-order valence-electron chi connectivity index (χ3n) is 2.40. The molecule has 0 aromatic rings. The number of carbonyl (C=O) groups is 2. The number of carboxylic acids is 2. The normalized spacial score (nSPS) is 25.4. The molecule has 1 fully saturated rings. The van der Waals surface area contributed by atoms with Crippen molar-refractivity contribution in [2.24, 2.45) is 11.8 Å². The largest absolute Gasteiger partial charge is 0.481 e. The maximum Gasteiger partial charge on any atom is 0.307 e. The van der Waals surface area contributed by atoms with E-state index in [-0.39, 0.29) is 59.1 Å². The summed E-state index contributed by atoms with van der Waals surface area (Å²) in [7, 11) is 0. The van der Waals surface area contributed by atoms with Crippen LogP contribution in [0.1, 0.15) is 25.7 Å². The molecule has 4 nitrogen and oxygen atoms in total. The van der Waals surface area contributed by atoms with Gasteiger partial charge in [0.2, 0.25) is 0 Å². The van der Waals surface area contributed by atoms with Gasteiger partial charge in [-0.05, 0) is 12.8 Å². The minimum absolute atomic E-state index is 0. The fraction of sp³-hybridized carbons (Fsp3) is 0.750. The monoisotopic (exact) mass is 218 g/mol. The molecule has 2 unspecified atom stereocenters. The molecular weight excluding hydrogens is 206 g/mol. The Morgan fingerprint density at radius 3 is 1.36 bits per heavy atom. The maximum absolute atomic E-state index is 10.6. The zero-order chi connectivity index (χ0) is 9.14. The van der Waals surface area contributed by atoms with E-state index >= 15 is 0 Å². The fourth-order valence-corrected chi connectivity index (χ4v) is 1.72.